The predicted octanol–water partition coefficient (Wildman–Crippen LogP) is 3.84. The zero-order valence-electron chi connectivity index (χ0n) is 28.5. The summed E-state index contributed by atoms with van der Waals surface area (Å²) < 4.78 is 57.4. The zero-order chi connectivity index (χ0) is 36.9. The minimum Gasteiger partial charge on any atom is -0.444 e. The lowest BCUT2D eigenvalue weighted by atomic mass is 9.93. The molecule has 2 atom stereocenters. The molecule has 1 aromatic heterocycles. The Labute approximate surface area is 291 Å². The third-order valence-electron chi connectivity index (χ3n) is 9.10. The number of halogens is 3. The van der Waals surface area contributed by atoms with Crippen molar-refractivity contribution in [1.29, 1.82) is 0 Å². The van der Waals surface area contributed by atoms with Gasteiger partial charge in [-0.2, -0.15) is 5.10 Å². The number of hydrogen-bond acceptors (Lipinski definition) is 8. The minimum atomic E-state index is -3.59. The monoisotopic (exact) mass is 710 g/mol. The number of imide groups is 1. The van der Waals surface area contributed by atoms with Crippen molar-refractivity contribution in [2.75, 3.05) is 26.7 Å². The number of carbonyl (C=O) groups is 5. The Hall–Kier alpha value is -5.41. The van der Waals surface area contributed by atoms with Gasteiger partial charge in [0.25, 0.3) is 11.8 Å². The molecule has 0 bridgehead atoms. The Kier molecular flexibility index (Phi) is 9.06. The fourth-order valence-electron chi connectivity index (χ4n) is 6.60. The van der Waals surface area contributed by atoms with E-state index >= 15 is 8.78 Å². The molecule has 3 aliphatic rings. The molecule has 270 valence electrons. The Morgan fingerprint density at radius 2 is 1.80 bits per heavy atom. The van der Waals surface area contributed by atoms with E-state index in [1.807, 2.05) is 6.07 Å². The van der Waals surface area contributed by atoms with E-state index in [1.165, 1.54) is 23.9 Å². The van der Waals surface area contributed by atoms with Crippen LogP contribution in [-0.4, -0.2) is 98.6 Å². The molecule has 2 aromatic carbocycles. The number of nitrogens with one attached hydrogen (secondary N) is 1. The van der Waals surface area contributed by atoms with Crippen molar-refractivity contribution >= 4 is 29.9 Å². The van der Waals surface area contributed by atoms with E-state index in [0.717, 1.165) is 38.6 Å². The quantitative estimate of drug-likeness (QED) is 0.372. The first-order valence-electron chi connectivity index (χ1n) is 16.3. The minimum absolute atomic E-state index is 0.0330. The van der Waals surface area contributed by atoms with Gasteiger partial charge in [-0.1, -0.05) is 30.3 Å². The first kappa shape index (κ1) is 35.4. The number of ether oxygens (including phenoxy) is 2. The molecule has 0 radical (unpaired) electrons. The Morgan fingerprint density at radius 1 is 1.08 bits per heavy atom. The van der Waals surface area contributed by atoms with Gasteiger partial charge in [-0.3, -0.25) is 24.0 Å². The Balaban J connectivity index is 1.23. The summed E-state index contributed by atoms with van der Waals surface area (Å²) in [4.78, 5) is 67.9. The van der Waals surface area contributed by atoms with Crippen molar-refractivity contribution in [2.24, 2.45) is 0 Å². The largest absolute Gasteiger partial charge is 0.444 e. The van der Waals surface area contributed by atoms with Gasteiger partial charge in [0.2, 0.25) is 17.4 Å². The van der Waals surface area contributed by atoms with E-state index in [9.17, 15) is 28.4 Å². The summed E-state index contributed by atoms with van der Waals surface area (Å²) in [6.07, 6.45) is 1.68. The van der Waals surface area contributed by atoms with E-state index in [0.29, 0.717) is 22.4 Å². The highest BCUT2D eigenvalue weighted by Crippen LogP contribution is 2.46. The summed E-state index contributed by atoms with van der Waals surface area (Å²) in [5, 5.41) is 6.74. The number of hydrogen-bond donors (Lipinski definition) is 1. The van der Waals surface area contributed by atoms with Gasteiger partial charge in [0, 0.05) is 37.3 Å². The number of carbonyl (C=O) groups excluding carboxylic acids is 5. The molecule has 2 fully saturated rings. The van der Waals surface area contributed by atoms with Crippen molar-refractivity contribution in [3.05, 3.63) is 77.4 Å². The average Bonchev–Trinajstić information content (AvgIpc) is 3.81. The lowest BCUT2D eigenvalue weighted by Crippen LogP contribution is -2.53. The SMILES string of the molecule is CNC(=O)Cn1cc(-c2ccc3c(c2)CCC32OC(=O)N(CC(=O)N(Cc3ccc(F)cc3)C3CN(C(=O)OC(C)(C)C)CC3(F)F)C2=O)cn1. The summed E-state index contributed by atoms with van der Waals surface area (Å²) >= 11 is 0. The van der Waals surface area contributed by atoms with Gasteiger partial charge < -0.3 is 19.7 Å². The van der Waals surface area contributed by atoms with Gasteiger partial charge in [-0.05, 0) is 56.0 Å². The average molecular weight is 711 g/mol. The molecule has 6 rings (SSSR count). The van der Waals surface area contributed by atoms with Crippen LogP contribution < -0.4 is 5.32 Å². The molecule has 0 saturated carbocycles. The van der Waals surface area contributed by atoms with E-state index in [4.69, 9.17) is 9.47 Å². The molecule has 2 saturated heterocycles. The van der Waals surface area contributed by atoms with E-state index < -0.39 is 79.2 Å². The van der Waals surface area contributed by atoms with E-state index in [1.54, 1.807) is 45.3 Å². The van der Waals surface area contributed by atoms with Crippen LogP contribution in [0.15, 0.2) is 54.9 Å². The maximum Gasteiger partial charge on any atom is 0.418 e. The van der Waals surface area contributed by atoms with Crippen molar-refractivity contribution < 1.29 is 46.6 Å². The third-order valence-corrected chi connectivity index (χ3v) is 9.10. The summed E-state index contributed by atoms with van der Waals surface area (Å²) in [6, 6.07) is 8.26. The second-order valence-corrected chi connectivity index (χ2v) is 13.8. The normalized spacial score (nSPS) is 20.8. The first-order valence-corrected chi connectivity index (χ1v) is 16.3. The predicted molar refractivity (Wildman–Crippen MR) is 173 cm³/mol. The molecule has 13 nitrogen and oxygen atoms in total. The van der Waals surface area contributed by atoms with Gasteiger partial charge in [0.1, 0.15) is 30.5 Å². The fourth-order valence-corrected chi connectivity index (χ4v) is 6.60. The topological polar surface area (TPSA) is 143 Å². The summed E-state index contributed by atoms with van der Waals surface area (Å²) in [6.45, 7) is 1.87. The highest BCUT2D eigenvalue weighted by Gasteiger charge is 2.59. The molecular weight excluding hydrogens is 673 g/mol. The molecule has 3 aromatic rings. The number of amides is 5. The van der Waals surface area contributed by atoms with Crippen molar-refractivity contribution in [1.82, 2.24) is 29.8 Å². The summed E-state index contributed by atoms with van der Waals surface area (Å²) in [7, 11) is 1.52. The lowest BCUT2D eigenvalue weighted by molar-refractivity contribution is -0.147. The van der Waals surface area contributed by atoms with Gasteiger partial charge >= 0.3 is 12.2 Å². The van der Waals surface area contributed by atoms with Crippen LogP contribution in [0, 0.1) is 5.82 Å². The second kappa shape index (κ2) is 13.0. The van der Waals surface area contributed by atoms with Gasteiger partial charge in [0.15, 0.2) is 0 Å². The number of aromatic nitrogens is 2. The molecule has 1 aliphatic carbocycles. The fraction of sp³-hybridized carbons (Fsp3) is 0.429. The molecule has 1 spiro atoms. The first-order chi connectivity index (χ1) is 24.0. The maximum atomic E-state index is 15.6. The lowest BCUT2D eigenvalue weighted by Gasteiger charge is -2.33. The number of rotatable bonds is 8. The van der Waals surface area contributed by atoms with Crippen LogP contribution in [0.3, 0.4) is 0 Å². The molecule has 5 amide bonds. The number of aryl methyl sites for hydroxylation is 1. The van der Waals surface area contributed by atoms with Crippen LogP contribution in [0.1, 0.15) is 43.9 Å². The number of nitrogens with zero attached hydrogens (tertiary/aromatic N) is 5. The zero-order valence-corrected chi connectivity index (χ0v) is 28.5. The Morgan fingerprint density at radius 3 is 2.49 bits per heavy atom. The van der Waals surface area contributed by atoms with Gasteiger partial charge in [0.05, 0.1) is 19.3 Å². The van der Waals surface area contributed by atoms with Crippen LogP contribution in [0.4, 0.5) is 22.8 Å². The molecule has 2 aliphatic heterocycles. The highest BCUT2D eigenvalue weighted by molar-refractivity contribution is 6.06. The van der Waals surface area contributed by atoms with Crippen LogP contribution in [0.5, 0.6) is 0 Å². The maximum absolute atomic E-state index is 15.6. The number of alkyl halides is 2. The summed E-state index contributed by atoms with van der Waals surface area (Å²) in [5.74, 6) is -6.19. The smallest absolute Gasteiger partial charge is 0.418 e. The van der Waals surface area contributed by atoms with E-state index in [-0.39, 0.29) is 18.9 Å². The highest BCUT2D eigenvalue weighted by atomic mass is 19.3. The molecule has 2 unspecified atom stereocenters. The van der Waals surface area contributed by atoms with Gasteiger partial charge in [-0.15, -0.1) is 0 Å². The molecule has 51 heavy (non-hydrogen) atoms. The van der Waals surface area contributed by atoms with Crippen molar-refractivity contribution in [3.8, 4) is 11.1 Å². The number of likely N-dealkylation sites (N-methyl/N-ethyl adjacent to an activating group) is 1. The molecule has 3 heterocycles. The number of benzene rings is 2. The molecule has 1 N–H and O–H groups in total. The van der Waals surface area contributed by atoms with Crippen molar-refractivity contribution in [2.45, 2.75) is 69.9 Å². The number of fused-ring (bicyclic) bond motifs is 2. The third kappa shape index (κ3) is 6.99. The van der Waals surface area contributed by atoms with Crippen LogP contribution >= 0.6 is 0 Å². The number of likely N-dealkylation sites (tertiary alicyclic amines) is 1. The van der Waals surface area contributed by atoms with Gasteiger partial charge in [-0.25, -0.2) is 27.7 Å². The Bertz CT molecular complexity index is 1890. The van der Waals surface area contributed by atoms with E-state index in [2.05, 4.69) is 10.4 Å². The van der Waals surface area contributed by atoms with Crippen molar-refractivity contribution in [3.63, 3.8) is 0 Å². The second-order valence-electron chi connectivity index (χ2n) is 13.8. The van der Waals surface area contributed by atoms with Crippen LogP contribution in [0.2, 0.25) is 0 Å². The van der Waals surface area contributed by atoms with Crippen LogP contribution in [-0.2, 0) is 49.0 Å². The molecule has 16 heteroatoms. The summed E-state index contributed by atoms with van der Waals surface area (Å²) in [5.41, 5.74) is 0.288. The standard InChI is InChI=1S/C35H37F3N6O7/c1-33(2,3)50-31(48)41-17-27(35(37,38)20-41)43(15-21-5-8-25(36)9-6-21)29(46)19-44-30(47)34(51-32(44)49)12-11-23-13-22(7-10-26(23)34)24-14-40-42(16-24)18-28(45)39-4/h5-10,13-14,16,27H,11-12,15,17-20H2,1-4H3,(H,39,45). The van der Waals surface area contributed by atoms with Crippen LogP contribution in [0.25, 0.3) is 11.1 Å². The molecular formula is C35H37F3N6O7.